The molecular formula is C15H13FOS. The van der Waals surface area contributed by atoms with Crippen LogP contribution in [0.1, 0.15) is 22.8 Å². The minimum absolute atomic E-state index is 0.106. The van der Waals surface area contributed by atoms with Gasteiger partial charge in [-0.1, -0.05) is 42.5 Å². The number of carbonyl (C=O) groups excluding carboxylic acids is 1. The molecule has 3 heteroatoms. The van der Waals surface area contributed by atoms with Crippen LogP contribution in [0.25, 0.3) is 0 Å². The molecule has 0 heterocycles. The van der Waals surface area contributed by atoms with Crippen molar-refractivity contribution < 1.29 is 9.18 Å². The maximum atomic E-state index is 13.7. The quantitative estimate of drug-likeness (QED) is 0.601. The lowest BCUT2D eigenvalue weighted by Crippen LogP contribution is -1.97. The highest BCUT2D eigenvalue weighted by Gasteiger charge is 2.12. The number of ketones is 1. The Balaban J connectivity index is 2.21. The highest BCUT2D eigenvalue weighted by molar-refractivity contribution is 7.98. The molecule has 0 amide bonds. The van der Waals surface area contributed by atoms with Gasteiger partial charge in [0.2, 0.25) is 0 Å². The normalized spacial score (nSPS) is 10.3. The molecule has 18 heavy (non-hydrogen) atoms. The lowest BCUT2D eigenvalue weighted by atomic mass is 10.1. The topological polar surface area (TPSA) is 17.1 Å². The van der Waals surface area contributed by atoms with Crippen molar-refractivity contribution in [1.82, 2.24) is 0 Å². The Kier molecular flexibility index (Phi) is 4.15. The van der Waals surface area contributed by atoms with Crippen LogP contribution in [0.15, 0.2) is 53.4 Å². The van der Waals surface area contributed by atoms with Crippen molar-refractivity contribution >= 4 is 17.5 Å². The standard InChI is InChI=1S/C15H13FOS/c1-11(17)13-8-5-9-14(16)15(13)18-10-12-6-3-2-4-7-12/h2-9H,10H2,1H3. The summed E-state index contributed by atoms with van der Waals surface area (Å²) in [6.07, 6.45) is 0. The fourth-order valence-electron chi connectivity index (χ4n) is 1.66. The second-order valence-electron chi connectivity index (χ2n) is 3.95. The zero-order valence-corrected chi connectivity index (χ0v) is 10.8. The van der Waals surface area contributed by atoms with Gasteiger partial charge in [-0.05, 0) is 18.6 Å². The maximum Gasteiger partial charge on any atom is 0.161 e. The van der Waals surface area contributed by atoms with E-state index in [1.807, 2.05) is 30.3 Å². The number of rotatable bonds is 4. The van der Waals surface area contributed by atoms with Crippen molar-refractivity contribution in [3.63, 3.8) is 0 Å². The molecule has 0 aliphatic carbocycles. The summed E-state index contributed by atoms with van der Waals surface area (Å²) in [5, 5.41) is 0. The van der Waals surface area contributed by atoms with Crippen LogP contribution in [0, 0.1) is 5.82 Å². The smallest absolute Gasteiger partial charge is 0.161 e. The van der Waals surface area contributed by atoms with E-state index in [-0.39, 0.29) is 11.6 Å². The van der Waals surface area contributed by atoms with Crippen LogP contribution < -0.4 is 0 Å². The van der Waals surface area contributed by atoms with Crippen LogP contribution in [0.4, 0.5) is 4.39 Å². The van der Waals surface area contributed by atoms with E-state index in [1.54, 1.807) is 12.1 Å². The van der Waals surface area contributed by atoms with Crippen LogP contribution in [0.5, 0.6) is 0 Å². The van der Waals surface area contributed by atoms with Gasteiger partial charge in [0.25, 0.3) is 0 Å². The Morgan fingerprint density at radius 3 is 2.50 bits per heavy atom. The van der Waals surface area contributed by atoms with Crippen LogP contribution in [0.3, 0.4) is 0 Å². The average molecular weight is 260 g/mol. The zero-order chi connectivity index (χ0) is 13.0. The number of hydrogen-bond acceptors (Lipinski definition) is 2. The van der Waals surface area contributed by atoms with Crippen molar-refractivity contribution in [2.45, 2.75) is 17.6 Å². The second kappa shape index (κ2) is 5.83. The van der Waals surface area contributed by atoms with Gasteiger partial charge in [0, 0.05) is 11.3 Å². The van der Waals surface area contributed by atoms with Gasteiger partial charge in [-0.2, -0.15) is 0 Å². The number of benzene rings is 2. The number of Topliss-reactive ketones (excluding diaryl/α,β-unsaturated/α-hetero) is 1. The minimum Gasteiger partial charge on any atom is -0.294 e. The van der Waals surface area contributed by atoms with E-state index in [0.717, 1.165) is 5.56 Å². The molecule has 0 fully saturated rings. The first kappa shape index (κ1) is 12.8. The van der Waals surface area contributed by atoms with Crippen molar-refractivity contribution in [1.29, 1.82) is 0 Å². The third-order valence-electron chi connectivity index (χ3n) is 2.57. The van der Waals surface area contributed by atoms with Gasteiger partial charge in [-0.25, -0.2) is 4.39 Å². The Labute approximate surface area is 110 Å². The summed E-state index contributed by atoms with van der Waals surface area (Å²) in [5.74, 6) is 0.218. The molecule has 0 saturated carbocycles. The lowest BCUT2D eigenvalue weighted by Gasteiger charge is -2.07. The predicted octanol–water partition coefficient (Wildman–Crippen LogP) is 4.32. The number of halogens is 1. The lowest BCUT2D eigenvalue weighted by molar-refractivity contribution is 0.101. The highest BCUT2D eigenvalue weighted by atomic mass is 32.2. The molecule has 0 bridgehead atoms. The zero-order valence-electron chi connectivity index (χ0n) is 10.0. The first-order valence-electron chi connectivity index (χ1n) is 5.64. The molecule has 2 aromatic carbocycles. The van der Waals surface area contributed by atoms with Crippen LogP contribution in [-0.2, 0) is 5.75 Å². The van der Waals surface area contributed by atoms with Gasteiger partial charge >= 0.3 is 0 Å². The van der Waals surface area contributed by atoms with E-state index in [0.29, 0.717) is 16.2 Å². The maximum absolute atomic E-state index is 13.7. The molecule has 0 aromatic heterocycles. The summed E-state index contributed by atoms with van der Waals surface area (Å²) in [6, 6.07) is 14.4. The molecule has 0 N–H and O–H groups in total. The monoisotopic (exact) mass is 260 g/mol. The largest absolute Gasteiger partial charge is 0.294 e. The molecule has 0 atom stereocenters. The SMILES string of the molecule is CC(=O)c1cccc(F)c1SCc1ccccc1. The molecular weight excluding hydrogens is 247 g/mol. The van der Waals surface area contributed by atoms with Gasteiger partial charge < -0.3 is 0 Å². The van der Waals surface area contributed by atoms with Crippen molar-refractivity contribution in [2.75, 3.05) is 0 Å². The van der Waals surface area contributed by atoms with Crippen LogP contribution >= 0.6 is 11.8 Å². The molecule has 1 nitrogen and oxygen atoms in total. The molecule has 92 valence electrons. The fraction of sp³-hybridized carbons (Fsp3) is 0.133. The van der Waals surface area contributed by atoms with Gasteiger partial charge in [0.1, 0.15) is 5.82 Å². The number of thioether (sulfide) groups is 1. The first-order valence-corrected chi connectivity index (χ1v) is 6.63. The summed E-state index contributed by atoms with van der Waals surface area (Å²) in [7, 11) is 0. The Morgan fingerprint density at radius 2 is 1.83 bits per heavy atom. The summed E-state index contributed by atoms with van der Waals surface area (Å²) < 4.78 is 13.7. The van der Waals surface area contributed by atoms with Crippen molar-refractivity contribution in [3.05, 3.63) is 65.5 Å². The molecule has 2 rings (SSSR count). The summed E-state index contributed by atoms with van der Waals surface area (Å²) in [6.45, 7) is 1.46. The Hall–Kier alpha value is -1.61. The minimum atomic E-state index is -0.330. The van der Waals surface area contributed by atoms with E-state index in [9.17, 15) is 9.18 Å². The molecule has 0 aliphatic heterocycles. The second-order valence-corrected chi connectivity index (χ2v) is 4.93. The molecule has 0 aliphatic rings. The Morgan fingerprint density at radius 1 is 1.11 bits per heavy atom. The van der Waals surface area contributed by atoms with Crippen LogP contribution in [0.2, 0.25) is 0 Å². The molecule has 0 radical (unpaired) electrons. The third kappa shape index (κ3) is 2.99. The first-order chi connectivity index (χ1) is 8.68. The Bertz CT molecular complexity index is 552. The molecule has 0 spiro atoms. The summed E-state index contributed by atoms with van der Waals surface area (Å²) >= 11 is 1.36. The highest BCUT2D eigenvalue weighted by Crippen LogP contribution is 2.29. The van der Waals surface area contributed by atoms with Gasteiger partial charge in [-0.15, -0.1) is 11.8 Å². The third-order valence-corrected chi connectivity index (χ3v) is 3.75. The molecule has 2 aromatic rings. The van der Waals surface area contributed by atoms with E-state index in [1.165, 1.54) is 24.8 Å². The van der Waals surface area contributed by atoms with Crippen molar-refractivity contribution in [3.8, 4) is 0 Å². The predicted molar refractivity (Wildman–Crippen MR) is 72.4 cm³/mol. The summed E-state index contributed by atoms with van der Waals surface area (Å²) in [5.41, 5.74) is 1.57. The average Bonchev–Trinajstić information content (AvgIpc) is 2.38. The van der Waals surface area contributed by atoms with E-state index >= 15 is 0 Å². The summed E-state index contributed by atoms with van der Waals surface area (Å²) in [4.78, 5) is 11.9. The van der Waals surface area contributed by atoms with Gasteiger partial charge in [-0.3, -0.25) is 4.79 Å². The van der Waals surface area contributed by atoms with E-state index in [2.05, 4.69) is 0 Å². The number of hydrogen-bond donors (Lipinski definition) is 0. The van der Waals surface area contributed by atoms with Crippen molar-refractivity contribution in [2.24, 2.45) is 0 Å². The van der Waals surface area contributed by atoms with E-state index < -0.39 is 0 Å². The van der Waals surface area contributed by atoms with Crippen LogP contribution in [-0.4, -0.2) is 5.78 Å². The van der Waals surface area contributed by atoms with Gasteiger partial charge in [0.05, 0.1) is 4.90 Å². The number of carbonyl (C=O) groups is 1. The fourth-order valence-corrected chi connectivity index (χ4v) is 2.74. The van der Waals surface area contributed by atoms with E-state index in [4.69, 9.17) is 0 Å². The molecule has 0 unspecified atom stereocenters. The van der Waals surface area contributed by atoms with Gasteiger partial charge in [0.15, 0.2) is 5.78 Å². The molecule has 0 saturated heterocycles.